The fourth-order valence-electron chi connectivity index (χ4n) is 10.5. The molecule has 1 atom stereocenters. The number of anilines is 3. The summed E-state index contributed by atoms with van der Waals surface area (Å²) in [7, 11) is 0. The zero-order valence-electron chi connectivity index (χ0n) is 38.9. The van der Waals surface area contributed by atoms with Gasteiger partial charge < -0.3 is 9.47 Å². The summed E-state index contributed by atoms with van der Waals surface area (Å²) in [4.78, 5) is 2.33. The molecule has 11 aromatic rings. The van der Waals surface area contributed by atoms with E-state index in [1.807, 2.05) is 48.5 Å². The molecule has 13 rings (SSSR count). The molecule has 2 nitrogen and oxygen atoms in total. The molecule has 0 radical (unpaired) electrons. The molecule has 0 bridgehead atoms. The lowest BCUT2D eigenvalue weighted by molar-refractivity contribution is 0.773. The smallest absolute Gasteiger partial charge is 0.0726 e. The fraction of sp³-hybridized carbons (Fsp3) is 0.0169. The van der Waals surface area contributed by atoms with Crippen molar-refractivity contribution in [3.05, 3.63) is 253 Å². The highest BCUT2D eigenvalue weighted by molar-refractivity contribution is 6.12. The van der Waals surface area contributed by atoms with Crippen LogP contribution >= 0.6 is 0 Å². The highest BCUT2D eigenvalue weighted by Gasteiger charge is 2.51. The maximum absolute atomic E-state index is 9.88. The third-order valence-corrected chi connectivity index (χ3v) is 12.9. The van der Waals surface area contributed by atoms with Gasteiger partial charge in [0.2, 0.25) is 0 Å². The Balaban J connectivity index is 1.15. The third kappa shape index (κ3) is 4.73. The minimum absolute atomic E-state index is 0.119. The summed E-state index contributed by atoms with van der Waals surface area (Å²) in [6.07, 6.45) is 0. The van der Waals surface area contributed by atoms with Crippen molar-refractivity contribution < 1.29 is 8.22 Å². The standard InChI is InChI=1S/C59H38N2/c1-3-16-39(17-4-1)40-32-34-43(35-33-40)60(44-36-37-47-46-23-9-12-30-54(46)61(56(47)38-44)42-20-5-2-6-21-42)55-31-15-29-53-58(55)49-24-8-11-27-51(49)59(53)50-26-10-7-22-45(50)48-25-13-18-41-19-14-28-52(59)57(41)48/h1-38H/i13D,14D,18D,19D,25D,28D. The zero-order chi connectivity index (χ0) is 45.3. The van der Waals surface area contributed by atoms with Crippen molar-refractivity contribution in [2.75, 3.05) is 4.90 Å². The predicted octanol–water partition coefficient (Wildman–Crippen LogP) is 15.4. The van der Waals surface area contributed by atoms with Crippen LogP contribution in [0.3, 0.4) is 0 Å². The summed E-state index contributed by atoms with van der Waals surface area (Å²) in [5, 5.41) is 2.85. The number of nitrogens with zero attached hydrogens (tertiary/aromatic N) is 2. The van der Waals surface area contributed by atoms with Gasteiger partial charge in [0, 0.05) is 33.4 Å². The van der Waals surface area contributed by atoms with E-state index >= 15 is 0 Å². The molecule has 0 fully saturated rings. The van der Waals surface area contributed by atoms with Crippen molar-refractivity contribution in [1.82, 2.24) is 4.57 Å². The van der Waals surface area contributed by atoms with Gasteiger partial charge in [-0.05, 0) is 109 Å². The van der Waals surface area contributed by atoms with Gasteiger partial charge in [-0.25, -0.2) is 0 Å². The van der Waals surface area contributed by atoms with Gasteiger partial charge in [0.15, 0.2) is 0 Å². The van der Waals surface area contributed by atoms with Crippen LogP contribution in [0.15, 0.2) is 230 Å². The Bertz CT molecular complexity index is 3870. The second-order valence-electron chi connectivity index (χ2n) is 15.9. The van der Waals surface area contributed by atoms with Crippen LogP contribution in [0, 0.1) is 0 Å². The number of aromatic nitrogens is 1. The summed E-state index contributed by atoms with van der Waals surface area (Å²) in [6, 6.07) is 66.0. The van der Waals surface area contributed by atoms with E-state index in [0.717, 1.165) is 89.1 Å². The maximum Gasteiger partial charge on any atom is 0.0726 e. The van der Waals surface area contributed by atoms with Crippen LogP contribution < -0.4 is 4.90 Å². The second kappa shape index (κ2) is 13.0. The summed E-state index contributed by atoms with van der Waals surface area (Å²) in [6.45, 7) is 0. The molecule has 2 heteroatoms. The van der Waals surface area contributed by atoms with E-state index in [-0.39, 0.29) is 41.6 Å². The molecule has 1 aromatic heterocycles. The van der Waals surface area contributed by atoms with Crippen molar-refractivity contribution in [3.8, 4) is 39.1 Å². The summed E-state index contributed by atoms with van der Waals surface area (Å²) < 4.78 is 58.2. The molecule has 1 heterocycles. The molecule has 0 N–H and O–H groups in total. The van der Waals surface area contributed by atoms with Crippen LogP contribution in [0.1, 0.15) is 30.5 Å². The van der Waals surface area contributed by atoms with E-state index in [2.05, 4.69) is 155 Å². The van der Waals surface area contributed by atoms with E-state index in [9.17, 15) is 6.85 Å². The molecule has 0 amide bonds. The van der Waals surface area contributed by atoms with Crippen LogP contribution in [-0.2, 0) is 5.41 Å². The van der Waals surface area contributed by atoms with Crippen molar-refractivity contribution >= 4 is 49.6 Å². The normalized spacial score (nSPS) is 16.0. The van der Waals surface area contributed by atoms with Crippen LogP contribution in [-0.4, -0.2) is 4.57 Å². The zero-order valence-corrected chi connectivity index (χ0v) is 32.9. The Morgan fingerprint density at radius 1 is 0.426 bits per heavy atom. The Labute approximate surface area is 363 Å². The Hall–Kier alpha value is -7.94. The van der Waals surface area contributed by atoms with E-state index in [4.69, 9.17) is 1.37 Å². The van der Waals surface area contributed by atoms with Gasteiger partial charge in [-0.15, -0.1) is 0 Å². The molecule has 61 heavy (non-hydrogen) atoms. The van der Waals surface area contributed by atoms with Gasteiger partial charge >= 0.3 is 0 Å². The predicted molar refractivity (Wildman–Crippen MR) is 255 cm³/mol. The van der Waals surface area contributed by atoms with E-state index in [1.165, 1.54) is 0 Å². The van der Waals surface area contributed by atoms with Gasteiger partial charge in [0.1, 0.15) is 0 Å². The van der Waals surface area contributed by atoms with E-state index in [0.29, 0.717) is 16.5 Å². The molecular weight excluding hydrogens is 737 g/mol. The first-order valence-corrected chi connectivity index (χ1v) is 20.7. The maximum atomic E-state index is 9.88. The number of benzene rings is 10. The summed E-state index contributed by atoms with van der Waals surface area (Å²) >= 11 is 0. The molecule has 0 saturated carbocycles. The Kier molecular flexibility index (Phi) is 6.08. The van der Waals surface area contributed by atoms with Gasteiger partial charge in [-0.1, -0.05) is 182 Å². The highest BCUT2D eigenvalue weighted by atomic mass is 15.1. The first-order valence-electron chi connectivity index (χ1n) is 23.7. The van der Waals surface area contributed by atoms with Crippen molar-refractivity contribution in [1.29, 1.82) is 0 Å². The van der Waals surface area contributed by atoms with Crippen LogP contribution in [0.2, 0.25) is 0 Å². The van der Waals surface area contributed by atoms with Gasteiger partial charge in [0.05, 0.1) is 30.4 Å². The summed E-state index contributed by atoms with van der Waals surface area (Å²) in [5.41, 5.74) is 13.2. The van der Waals surface area contributed by atoms with Crippen LogP contribution in [0.4, 0.5) is 17.1 Å². The van der Waals surface area contributed by atoms with Crippen molar-refractivity contribution in [3.63, 3.8) is 0 Å². The number of fused-ring (bicyclic) bond motifs is 12. The van der Waals surface area contributed by atoms with E-state index < -0.39 is 5.41 Å². The quantitative estimate of drug-likeness (QED) is 0.169. The fourth-order valence-corrected chi connectivity index (χ4v) is 10.5. The third-order valence-electron chi connectivity index (χ3n) is 12.9. The molecule has 2 aliphatic rings. The molecule has 0 aliphatic heterocycles. The Morgan fingerprint density at radius 3 is 1.87 bits per heavy atom. The largest absolute Gasteiger partial charge is 0.310 e. The number of hydrogen-bond donors (Lipinski definition) is 0. The number of hydrogen-bond acceptors (Lipinski definition) is 1. The lowest BCUT2D eigenvalue weighted by atomic mass is 9.61. The number of para-hydroxylation sites is 2. The van der Waals surface area contributed by atoms with Crippen LogP contribution in [0.5, 0.6) is 0 Å². The van der Waals surface area contributed by atoms with Crippen molar-refractivity contribution in [2.45, 2.75) is 5.41 Å². The lowest BCUT2D eigenvalue weighted by Gasteiger charge is -2.40. The number of rotatable bonds is 5. The summed E-state index contributed by atoms with van der Waals surface area (Å²) in [5.74, 6) is 0. The highest BCUT2D eigenvalue weighted by Crippen LogP contribution is 2.64. The monoisotopic (exact) mass is 780 g/mol. The molecule has 284 valence electrons. The van der Waals surface area contributed by atoms with Gasteiger partial charge in [-0.2, -0.15) is 0 Å². The Morgan fingerprint density at radius 2 is 1.05 bits per heavy atom. The van der Waals surface area contributed by atoms with Crippen molar-refractivity contribution in [2.24, 2.45) is 0 Å². The average Bonchev–Trinajstić information content (AvgIpc) is 3.86. The first-order chi connectivity index (χ1) is 32.8. The molecule has 10 aromatic carbocycles. The van der Waals surface area contributed by atoms with Gasteiger partial charge in [-0.3, -0.25) is 0 Å². The lowest BCUT2D eigenvalue weighted by Crippen LogP contribution is -2.31. The van der Waals surface area contributed by atoms with E-state index in [1.54, 1.807) is 0 Å². The molecule has 1 unspecified atom stereocenters. The topological polar surface area (TPSA) is 8.17 Å². The van der Waals surface area contributed by atoms with Gasteiger partial charge in [0.25, 0.3) is 0 Å². The average molecular weight is 781 g/mol. The van der Waals surface area contributed by atoms with Crippen LogP contribution in [0.25, 0.3) is 71.6 Å². The minimum atomic E-state index is -1.18. The second-order valence-corrected chi connectivity index (χ2v) is 15.9. The minimum Gasteiger partial charge on any atom is -0.310 e. The first kappa shape index (κ1) is 28.5. The molecular formula is C59H38N2. The molecule has 2 aliphatic carbocycles. The molecule has 0 saturated heterocycles. The SMILES string of the molecule is [2H]c1c([2H])c2c3c(c([2H])c([2H])c([2H])c3c1[2H])C1(c3ccccc3-c3c(N(c4ccc(-c5ccccc5)cc4)c4ccc5c6ccccc6n(-c6ccccc6)c5c4)cccc31)c1ccccc1-2. The molecule has 1 spiro atoms.